The Balaban J connectivity index is 1.46. The second-order valence-corrected chi connectivity index (χ2v) is 6.82. The Labute approximate surface area is 158 Å². The summed E-state index contributed by atoms with van der Waals surface area (Å²) in [7, 11) is 1.66. The average Bonchev–Trinajstić information content (AvgIpc) is 3.12. The lowest BCUT2D eigenvalue weighted by Crippen LogP contribution is -2.48. The van der Waals surface area contributed by atoms with Crippen LogP contribution >= 0.6 is 0 Å². The van der Waals surface area contributed by atoms with E-state index in [1.165, 1.54) is 0 Å². The number of methoxy groups -OCH3 is 1. The lowest BCUT2D eigenvalue weighted by atomic mass is 10.2. The van der Waals surface area contributed by atoms with Crippen molar-refractivity contribution in [1.29, 1.82) is 0 Å². The van der Waals surface area contributed by atoms with Crippen LogP contribution in [0.5, 0.6) is 5.75 Å². The van der Waals surface area contributed by atoms with Gasteiger partial charge in [0.2, 0.25) is 0 Å². The van der Waals surface area contributed by atoms with Gasteiger partial charge in [-0.15, -0.1) is 0 Å². The van der Waals surface area contributed by atoms with E-state index in [-0.39, 0.29) is 5.91 Å². The van der Waals surface area contributed by atoms with Gasteiger partial charge in [-0.2, -0.15) is 5.10 Å². The SMILES string of the molecule is COc1ccc(N2CCN(C(=O)c3cc4nc(C)cc(C)n4n3)CC2)cc1. The molecule has 3 aromatic rings. The van der Waals surface area contributed by atoms with Crippen LogP contribution in [-0.4, -0.2) is 58.7 Å². The van der Waals surface area contributed by atoms with E-state index in [1.54, 1.807) is 17.7 Å². The Morgan fingerprint density at radius 2 is 1.74 bits per heavy atom. The molecule has 3 heterocycles. The summed E-state index contributed by atoms with van der Waals surface area (Å²) in [4.78, 5) is 21.5. The third-order valence-corrected chi connectivity index (χ3v) is 4.96. The van der Waals surface area contributed by atoms with Crippen LogP contribution in [0.4, 0.5) is 5.69 Å². The number of fused-ring (bicyclic) bond motifs is 1. The zero-order valence-electron chi connectivity index (χ0n) is 15.8. The van der Waals surface area contributed by atoms with Gasteiger partial charge in [0.1, 0.15) is 5.75 Å². The summed E-state index contributed by atoms with van der Waals surface area (Å²) in [5, 5.41) is 4.46. The van der Waals surface area contributed by atoms with E-state index in [0.29, 0.717) is 24.4 Å². The molecular formula is C20H23N5O2. The Bertz CT molecular complexity index is 972. The second kappa shape index (κ2) is 6.90. The number of aryl methyl sites for hydroxylation is 2. The van der Waals surface area contributed by atoms with Crippen molar-refractivity contribution in [2.45, 2.75) is 13.8 Å². The topological polar surface area (TPSA) is 63.0 Å². The summed E-state index contributed by atoms with van der Waals surface area (Å²) in [5.41, 5.74) is 4.21. The van der Waals surface area contributed by atoms with Crippen molar-refractivity contribution >= 4 is 17.2 Å². The molecule has 0 aliphatic carbocycles. The number of hydrogen-bond acceptors (Lipinski definition) is 5. The molecule has 2 aromatic heterocycles. The molecule has 27 heavy (non-hydrogen) atoms. The van der Waals surface area contributed by atoms with Gasteiger partial charge in [-0.25, -0.2) is 9.50 Å². The number of rotatable bonds is 3. The van der Waals surface area contributed by atoms with Crippen molar-refractivity contribution < 1.29 is 9.53 Å². The van der Waals surface area contributed by atoms with Crippen molar-refractivity contribution in [2.75, 3.05) is 38.2 Å². The fourth-order valence-corrected chi connectivity index (χ4v) is 3.51. The minimum Gasteiger partial charge on any atom is -0.497 e. The van der Waals surface area contributed by atoms with Crippen LogP contribution in [-0.2, 0) is 0 Å². The Morgan fingerprint density at radius 3 is 2.41 bits per heavy atom. The van der Waals surface area contributed by atoms with Gasteiger partial charge in [-0.1, -0.05) is 0 Å². The molecule has 0 bridgehead atoms. The molecule has 7 nitrogen and oxygen atoms in total. The molecule has 0 spiro atoms. The average molecular weight is 365 g/mol. The van der Waals surface area contributed by atoms with E-state index in [1.807, 2.05) is 36.9 Å². The summed E-state index contributed by atoms with van der Waals surface area (Å²) in [6.07, 6.45) is 0. The van der Waals surface area contributed by atoms with Crippen LogP contribution in [0.25, 0.3) is 5.65 Å². The molecule has 7 heteroatoms. The molecule has 1 fully saturated rings. The molecule has 1 aliphatic heterocycles. The normalized spacial score (nSPS) is 14.6. The molecule has 0 atom stereocenters. The minimum atomic E-state index is -0.0352. The first kappa shape index (κ1) is 17.3. The summed E-state index contributed by atoms with van der Waals surface area (Å²) < 4.78 is 6.94. The van der Waals surface area contributed by atoms with E-state index in [4.69, 9.17) is 4.74 Å². The summed E-state index contributed by atoms with van der Waals surface area (Å²) in [6.45, 7) is 6.84. The van der Waals surface area contributed by atoms with E-state index < -0.39 is 0 Å². The molecule has 0 saturated carbocycles. The van der Waals surface area contributed by atoms with Gasteiger partial charge in [0.25, 0.3) is 5.91 Å². The van der Waals surface area contributed by atoms with E-state index >= 15 is 0 Å². The molecule has 1 amide bonds. The zero-order valence-corrected chi connectivity index (χ0v) is 15.8. The molecule has 0 radical (unpaired) electrons. The molecule has 140 valence electrons. The van der Waals surface area contributed by atoms with Crippen molar-refractivity contribution in [2.24, 2.45) is 0 Å². The first-order chi connectivity index (χ1) is 13.0. The van der Waals surface area contributed by atoms with Gasteiger partial charge in [-0.3, -0.25) is 4.79 Å². The largest absolute Gasteiger partial charge is 0.497 e. The predicted octanol–water partition coefficient (Wildman–Crippen LogP) is 2.32. The summed E-state index contributed by atoms with van der Waals surface area (Å²) in [6, 6.07) is 11.8. The third kappa shape index (κ3) is 3.32. The molecule has 1 aromatic carbocycles. The molecule has 1 saturated heterocycles. The number of amides is 1. The van der Waals surface area contributed by atoms with Crippen LogP contribution in [0, 0.1) is 13.8 Å². The van der Waals surface area contributed by atoms with Gasteiger partial charge in [-0.05, 0) is 44.2 Å². The van der Waals surface area contributed by atoms with Crippen LogP contribution in [0.1, 0.15) is 21.9 Å². The van der Waals surface area contributed by atoms with E-state index in [9.17, 15) is 4.79 Å². The number of piperazine rings is 1. The number of carbonyl (C=O) groups is 1. The molecule has 4 rings (SSSR count). The smallest absolute Gasteiger partial charge is 0.274 e. The number of anilines is 1. The van der Waals surface area contributed by atoms with Crippen LogP contribution < -0.4 is 9.64 Å². The molecular weight excluding hydrogens is 342 g/mol. The predicted molar refractivity (Wildman–Crippen MR) is 104 cm³/mol. The van der Waals surface area contributed by atoms with Crippen LogP contribution in [0.2, 0.25) is 0 Å². The first-order valence-corrected chi connectivity index (χ1v) is 9.07. The second-order valence-electron chi connectivity index (χ2n) is 6.82. The number of hydrogen-bond donors (Lipinski definition) is 0. The summed E-state index contributed by atoms with van der Waals surface area (Å²) in [5.74, 6) is 0.811. The number of benzene rings is 1. The maximum atomic E-state index is 12.9. The highest BCUT2D eigenvalue weighted by molar-refractivity contribution is 5.93. The minimum absolute atomic E-state index is 0.0352. The van der Waals surface area contributed by atoms with Crippen molar-refractivity contribution in [3.05, 3.63) is 53.5 Å². The Hall–Kier alpha value is -3.09. The Morgan fingerprint density at radius 1 is 1.04 bits per heavy atom. The maximum absolute atomic E-state index is 12.9. The zero-order chi connectivity index (χ0) is 19.0. The number of carbonyl (C=O) groups excluding carboxylic acids is 1. The lowest BCUT2D eigenvalue weighted by Gasteiger charge is -2.35. The third-order valence-electron chi connectivity index (χ3n) is 4.96. The van der Waals surface area contributed by atoms with Crippen LogP contribution in [0.15, 0.2) is 36.4 Å². The highest BCUT2D eigenvalue weighted by Gasteiger charge is 2.24. The Kier molecular flexibility index (Phi) is 4.43. The van der Waals surface area contributed by atoms with Crippen molar-refractivity contribution in [3.63, 3.8) is 0 Å². The van der Waals surface area contributed by atoms with Crippen molar-refractivity contribution in [1.82, 2.24) is 19.5 Å². The maximum Gasteiger partial charge on any atom is 0.274 e. The standard InChI is InChI=1S/C20H23N5O2/c1-14-12-15(2)25-19(21-14)13-18(22-25)20(26)24-10-8-23(9-11-24)16-4-6-17(27-3)7-5-16/h4-7,12-13H,8-11H2,1-3H3. The van der Waals surface area contributed by atoms with Gasteiger partial charge < -0.3 is 14.5 Å². The number of ether oxygens (including phenoxy) is 1. The van der Waals surface area contributed by atoms with Gasteiger partial charge in [0.15, 0.2) is 11.3 Å². The molecule has 0 N–H and O–H groups in total. The highest BCUT2D eigenvalue weighted by Crippen LogP contribution is 2.21. The highest BCUT2D eigenvalue weighted by atomic mass is 16.5. The fourth-order valence-electron chi connectivity index (χ4n) is 3.51. The fraction of sp³-hybridized carbons (Fsp3) is 0.350. The lowest BCUT2D eigenvalue weighted by molar-refractivity contribution is 0.0740. The molecule has 1 aliphatic rings. The molecule has 0 unspecified atom stereocenters. The number of nitrogens with zero attached hydrogens (tertiary/aromatic N) is 5. The van der Waals surface area contributed by atoms with E-state index in [2.05, 4.69) is 27.1 Å². The number of aromatic nitrogens is 3. The van der Waals surface area contributed by atoms with Gasteiger partial charge >= 0.3 is 0 Å². The monoisotopic (exact) mass is 365 g/mol. The van der Waals surface area contributed by atoms with Gasteiger partial charge in [0.05, 0.1) is 7.11 Å². The summed E-state index contributed by atoms with van der Waals surface area (Å²) >= 11 is 0. The quantitative estimate of drug-likeness (QED) is 0.713. The first-order valence-electron chi connectivity index (χ1n) is 9.07. The van der Waals surface area contributed by atoms with Crippen LogP contribution in [0.3, 0.4) is 0 Å². The van der Waals surface area contributed by atoms with E-state index in [0.717, 1.165) is 35.9 Å². The van der Waals surface area contributed by atoms with Gasteiger partial charge in [0, 0.05) is 49.3 Å². The van der Waals surface area contributed by atoms with Crippen molar-refractivity contribution in [3.8, 4) is 5.75 Å².